The lowest BCUT2D eigenvalue weighted by atomic mass is 9.83. The van der Waals surface area contributed by atoms with Gasteiger partial charge in [0, 0.05) is 30.3 Å². The van der Waals surface area contributed by atoms with E-state index in [1.54, 1.807) is 11.7 Å². The molecular formula is C24H31N4O3+. The zero-order valence-corrected chi connectivity index (χ0v) is 18.7. The summed E-state index contributed by atoms with van der Waals surface area (Å²) < 4.78 is 13.0. The summed E-state index contributed by atoms with van der Waals surface area (Å²) in [7, 11) is 1.57. The number of nitrogens with two attached hydrogens (primary N) is 1. The second kappa shape index (κ2) is 9.71. The molecule has 0 spiro atoms. The van der Waals surface area contributed by atoms with Crippen molar-refractivity contribution in [3.63, 3.8) is 0 Å². The topological polar surface area (TPSA) is 94.7 Å². The summed E-state index contributed by atoms with van der Waals surface area (Å²) in [4.78, 5) is 15.2. The van der Waals surface area contributed by atoms with Gasteiger partial charge >= 0.3 is 0 Å². The van der Waals surface area contributed by atoms with Gasteiger partial charge in [-0.2, -0.15) is 5.26 Å². The summed E-state index contributed by atoms with van der Waals surface area (Å²) in [5.74, 6) is 0.378. The number of para-hydroxylation sites is 1. The molecule has 1 aromatic heterocycles. The summed E-state index contributed by atoms with van der Waals surface area (Å²) >= 11 is 0. The van der Waals surface area contributed by atoms with Crippen molar-refractivity contribution >= 4 is 0 Å². The Hall–Kier alpha value is -3.24. The van der Waals surface area contributed by atoms with Gasteiger partial charge in [-0.15, -0.1) is 0 Å². The molecule has 0 saturated heterocycles. The van der Waals surface area contributed by atoms with Gasteiger partial charge < -0.3 is 24.7 Å². The van der Waals surface area contributed by atoms with E-state index >= 15 is 0 Å². The lowest BCUT2D eigenvalue weighted by molar-refractivity contribution is -0.896. The molecule has 0 radical (unpaired) electrons. The van der Waals surface area contributed by atoms with Crippen molar-refractivity contribution in [1.82, 2.24) is 4.57 Å². The molecule has 3 N–H and O–H groups in total. The smallest absolute Gasteiger partial charge is 0.258 e. The Bertz CT molecular complexity index is 1080. The lowest BCUT2D eigenvalue weighted by Gasteiger charge is -2.28. The fourth-order valence-corrected chi connectivity index (χ4v) is 4.27. The van der Waals surface area contributed by atoms with Gasteiger partial charge in [0.25, 0.3) is 5.56 Å². The minimum absolute atomic E-state index is 0.0209. The highest BCUT2D eigenvalue weighted by Crippen LogP contribution is 2.43. The Kier molecular flexibility index (Phi) is 7.03. The van der Waals surface area contributed by atoms with Crippen molar-refractivity contribution in [2.75, 3.05) is 26.7 Å². The summed E-state index contributed by atoms with van der Waals surface area (Å²) in [6.07, 6.45) is 0.889. The summed E-state index contributed by atoms with van der Waals surface area (Å²) in [5, 5.41) is 9.83. The number of rotatable bonds is 8. The van der Waals surface area contributed by atoms with E-state index in [4.69, 9.17) is 15.2 Å². The molecule has 0 aliphatic carbocycles. The van der Waals surface area contributed by atoms with Crippen molar-refractivity contribution in [3.8, 4) is 17.6 Å². The van der Waals surface area contributed by atoms with E-state index in [2.05, 4.69) is 19.9 Å². The van der Waals surface area contributed by atoms with Crippen LogP contribution in [-0.4, -0.2) is 31.3 Å². The van der Waals surface area contributed by atoms with Crippen LogP contribution in [0.5, 0.6) is 11.5 Å². The van der Waals surface area contributed by atoms with Crippen molar-refractivity contribution in [1.29, 1.82) is 5.26 Å². The Morgan fingerprint density at radius 3 is 2.65 bits per heavy atom. The molecule has 1 aromatic carbocycles. The number of aromatic nitrogens is 1. The maximum Gasteiger partial charge on any atom is 0.258 e. The van der Waals surface area contributed by atoms with Crippen LogP contribution in [0.1, 0.15) is 43.0 Å². The number of nitriles is 1. The molecule has 2 aromatic rings. The lowest BCUT2D eigenvalue weighted by Crippen LogP contribution is -3.11. The van der Waals surface area contributed by atoms with Gasteiger partial charge in [0.1, 0.15) is 23.1 Å². The number of allylic oxidation sites excluding steroid dienone is 1. The Balaban J connectivity index is 2.11. The van der Waals surface area contributed by atoms with Gasteiger partial charge in [-0.3, -0.25) is 4.79 Å². The Morgan fingerprint density at radius 1 is 1.29 bits per heavy atom. The molecule has 7 nitrogen and oxygen atoms in total. The first-order chi connectivity index (χ1) is 15.0. The average Bonchev–Trinajstić information content (AvgIpc) is 2.77. The maximum absolute atomic E-state index is 13.7. The molecular weight excluding hydrogens is 392 g/mol. The van der Waals surface area contributed by atoms with Gasteiger partial charge in [-0.25, -0.2) is 0 Å². The molecule has 1 aliphatic heterocycles. The maximum atomic E-state index is 13.7. The van der Waals surface area contributed by atoms with E-state index in [0.29, 0.717) is 29.2 Å². The molecule has 3 rings (SSSR count). The summed E-state index contributed by atoms with van der Waals surface area (Å²) in [5.41, 5.74) is 8.11. The van der Waals surface area contributed by atoms with Crippen LogP contribution in [0.15, 0.2) is 46.6 Å². The van der Waals surface area contributed by atoms with Crippen molar-refractivity contribution in [2.24, 2.45) is 5.73 Å². The zero-order valence-electron chi connectivity index (χ0n) is 18.7. The number of aryl methyl sites for hydroxylation is 1. The van der Waals surface area contributed by atoms with Crippen LogP contribution >= 0.6 is 0 Å². The number of pyridine rings is 1. The normalized spacial score (nSPS) is 15.4. The van der Waals surface area contributed by atoms with E-state index in [1.165, 1.54) is 4.90 Å². The van der Waals surface area contributed by atoms with Gasteiger partial charge in [-0.1, -0.05) is 18.2 Å². The first kappa shape index (κ1) is 22.4. The van der Waals surface area contributed by atoms with Gasteiger partial charge in [0.15, 0.2) is 0 Å². The SMILES string of the molecule is CC[NH+](CC)CCCn1c(C)cc2c(c1=O)[C@H](c1ccccc1OC)C(C#N)=C(N)O2. The molecule has 0 fully saturated rings. The minimum Gasteiger partial charge on any atom is -0.496 e. The number of ether oxygens (including phenoxy) is 2. The number of methoxy groups -OCH3 is 1. The van der Waals surface area contributed by atoms with Crippen LogP contribution in [0, 0.1) is 18.3 Å². The number of hydrogen-bond acceptors (Lipinski definition) is 5. The predicted octanol–water partition coefficient (Wildman–Crippen LogP) is 1.70. The fraction of sp³-hybridized carbons (Fsp3) is 0.417. The molecule has 1 aliphatic rings. The predicted molar refractivity (Wildman–Crippen MR) is 119 cm³/mol. The van der Waals surface area contributed by atoms with E-state index in [1.807, 2.05) is 37.3 Å². The highest BCUT2D eigenvalue weighted by molar-refractivity contribution is 5.58. The third-order valence-electron chi connectivity index (χ3n) is 6.05. The average molecular weight is 424 g/mol. The molecule has 31 heavy (non-hydrogen) atoms. The number of nitrogens with zero attached hydrogens (tertiary/aromatic N) is 2. The molecule has 1 atom stereocenters. The Morgan fingerprint density at radius 2 is 2.00 bits per heavy atom. The Labute approximate surface area is 183 Å². The van der Waals surface area contributed by atoms with Crippen molar-refractivity contribution in [2.45, 2.75) is 39.7 Å². The van der Waals surface area contributed by atoms with Crippen LogP contribution in [0.25, 0.3) is 0 Å². The molecule has 0 unspecified atom stereocenters. The summed E-state index contributed by atoms with van der Waals surface area (Å²) in [6, 6.07) is 11.4. The summed E-state index contributed by atoms with van der Waals surface area (Å²) in [6.45, 7) is 9.98. The number of nitrogens with one attached hydrogen (secondary N) is 1. The molecule has 2 heterocycles. The monoisotopic (exact) mass is 423 g/mol. The van der Waals surface area contributed by atoms with Crippen molar-refractivity contribution in [3.05, 3.63) is 69.0 Å². The zero-order chi connectivity index (χ0) is 22.5. The van der Waals surface area contributed by atoms with E-state index in [-0.39, 0.29) is 17.0 Å². The van der Waals surface area contributed by atoms with Crippen LogP contribution in [0.4, 0.5) is 0 Å². The largest absolute Gasteiger partial charge is 0.496 e. The first-order valence-electron chi connectivity index (χ1n) is 10.7. The second-order valence-electron chi connectivity index (χ2n) is 7.75. The van der Waals surface area contributed by atoms with E-state index in [0.717, 1.165) is 31.7 Å². The fourth-order valence-electron chi connectivity index (χ4n) is 4.27. The van der Waals surface area contributed by atoms with Gasteiger partial charge in [0.2, 0.25) is 5.88 Å². The molecule has 0 amide bonds. The second-order valence-corrected chi connectivity index (χ2v) is 7.75. The third kappa shape index (κ3) is 4.30. The van der Waals surface area contributed by atoms with Crippen LogP contribution in [0.3, 0.4) is 0 Å². The van der Waals surface area contributed by atoms with E-state index < -0.39 is 5.92 Å². The number of quaternary nitrogens is 1. The molecule has 164 valence electrons. The molecule has 0 bridgehead atoms. The van der Waals surface area contributed by atoms with Crippen molar-refractivity contribution < 1.29 is 14.4 Å². The highest BCUT2D eigenvalue weighted by Gasteiger charge is 2.35. The third-order valence-corrected chi connectivity index (χ3v) is 6.05. The number of hydrogen-bond donors (Lipinski definition) is 2. The molecule has 0 saturated carbocycles. The first-order valence-corrected chi connectivity index (χ1v) is 10.7. The quantitative estimate of drug-likeness (QED) is 0.674. The van der Waals surface area contributed by atoms with Crippen LogP contribution < -0.4 is 25.7 Å². The van der Waals surface area contributed by atoms with Crippen LogP contribution in [-0.2, 0) is 6.54 Å². The number of benzene rings is 1. The molecule has 7 heteroatoms. The standard InChI is InChI=1S/C24H30N4O3/c1-5-27(6-2)12-9-13-28-16(3)14-20-22(24(28)29)21(18(15-25)23(26)31-20)17-10-7-8-11-19(17)30-4/h7-8,10-11,14,21H,5-6,9,12-13,26H2,1-4H3/p+1/t21-/m1/s1. The highest BCUT2D eigenvalue weighted by atomic mass is 16.5. The van der Waals surface area contributed by atoms with E-state index in [9.17, 15) is 10.1 Å². The van der Waals surface area contributed by atoms with Gasteiger partial charge in [-0.05, 0) is 26.8 Å². The van der Waals surface area contributed by atoms with Crippen LogP contribution in [0.2, 0.25) is 0 Å². The van der Waals surface area contributed by atoms with Gasteiger partial charge in [0.05, 0.1) is 38.2 Å². The number of fused-ring (bicyclic) bond motifs is 1. The minimum atomic E-state index is -0.641.